The van der Waals surface area contributed by atoms with Crippen LogP contribution in [0.3, 0.4) is 0 Å². The monoisotopic (exact) mass is 458 g/mol. The number of benzene rings is 2. The molecular weight excluding hydrogens is 420 g/mol. The zero-order chi connectivity index (χ0) is 23.5. The molecule has 5 nitrogen and oxygen atoms in total. The smallest absolute Gasteiger partial charge is 0.253 e. The second kappa shape index (κ2) is 10.3. The zero-order valence-electron chi connectivity index (χ0n) is 20.7. The lowest BCUT2D eigenvalue weighted by atomic mass is 9.90. The SMILES string of the molecule is CN(C)C1CCN(Cc2c[nH]c3cc(C(=O)N4CCC(Cc5ccccc5)CC4)ccc23)CC1. The number of nitrogens with zero attached hydrogens (tertiary/aromatic N) is 3. The van der Waals surface area contributed by atoms with Gasteiger partial charge in [0.25, 0.3) is 5.91 Å². The molecule has 1 amide bonds. The van der Waals surface area contributed by atoms with E-state index in [1.165, 1.54) is 29.4 Å². The number of fused-ring (bicyclic) bond motifs is 1. The molecule has 0 aliphatic carbocycles. The Bertz CT molecular complexity index is 1090. The molecule has 1 N–H and O–H groups in total. The molecule has 2 saturated heterocycles. The molecule has 0 bridgehead atoms. The maximum absolute atomic E-state index is 13.2. The molecule has 0 saturated carbocycles. The van der Waals surface area contributed by atoms with Crippen molar-refractivity contribution >= 4 is 16.8 Å². The highest BCUT2D eigenvalue weighted by Gasteiger charge is 2.25. The van der Waals surface area contributed by atoms with Crippen LogP contribution in [0.4, 0.5) is 0 Å². The highest BCUT2D eigenvalue weighted by Crippen LogP contribution is 2.26. The number of aromatic nitrogens is 1. The van der Waals surface area contributed by atoms with Crippen LogP contribution in [0.1, 0.15) is 47.2 Å². The Morgan fingerprint density at radius 3 is 2.41 bits per heavy atom. The standard InChI is InChI=1S/C29H38N4O/c1-31(2)26-12-14-32(15-13-26)21-25-20-30-28-19-24(8-9-27(25)28)29(34)33-16-10-23(11-17-33)18-22-6-4-3-5-7-22/h3-9,19-20,23,26,30H,10-18,21H2,1-2H3. The second-order valence-electron chi connectivity index (χ2n) is 10.5. The molecule has 0 atom stereocenters. The van der Waals surface area contributed by atoms with Crippen LogP contribution >= 0.6 is 0 Å². The van der Waals surface area contributed by atoms with Crippen LogP contribution in [-0.4, -0.2) is 71.9 Å². The quantitative estimate of drug-likeness (QED) is 0.578. The van der Waals surface area contributed by atoms with Gasteiger partial charge < -0.3 is 14.8 Å². The molecule has 5 heteroatoms. The number of piperidine rings is 2. The van der Waals surface area contributed by atoms with Gasteiger partial charge in [0.2, 0.25) is 0 Å². The molecule has 2 aliphatic heterocycles. The van der Waals surface area contributed by atoms with Gasteiger partial charge in [-0.1, -0.05) is 36.4 Å². The van der Waals surface area contributed by atoms with Crippen molar-refractivity contribution in [3.63, 3.8) is 0 Å². The molecule has 180 valence electrons. The normalized spacial score (nSPS) is 18.7. The second-order valence-corrected chi connectivity index (χ2v) is 10.5. The van der Waals surface area contributed by atoms with E-state index in [2.05, 4.69) is 77.5 Å². The highest BCUT2D eigenvalue weighted by molar-refractivity contribution is 5.98. The average molecular weight is 459 g/mol. The fourth-order valence-electron chi connectivity index (χ4n) is 5.76. The first-order valence-corrected chi connectivity index (χ1v) is 12.9. The van der Waals surface area contributed by atoms with Crippen molar-refractivity contribution in [2.24, 2.45) is 5.92 Å². The topological polar surface area (TPSA) is 42.6 Å². The summed E-state index contributed by atoms with van der Waals surface area (Å²) in [6, 6.07) is 17.6. The van der Waals surface area contributed by atoms with E-state index in [0.29, 0.717) is 12.0 Å². The van der Waals surface area contributed by atoms with Gasteiger partial charge in [-0.15, -0.1) is 0 Å². The number of carbonyl (C=O) groups excluding carboxylic acids is 1. The van der Waals surface area contributed by atoms with Crippen molar-refractivity contribution < 1.29 is 4.79 Å². The Kier molecular flexibility index (Phi) is 7.02. The number of likely N-dealkylation sites (tertiary alicyclic amines) is 2. The summed E-state index contributed by atoms with van der Waals surface area (Å²) >= 11 is 0. The van der Waals surface area contributed by atoms with E-state index < -0.39 is 0 Å². The Morgan fingerprint density at radius 1 is 0.971 bits per heavy atom. The van der Waals surface area contributed by atoms with Crippen LogP contribution in [-0.2, 0) is 13.0 Å². The summed E-state index contributed by atoms with van der Waals surface area (Å²) in [5, 5.41) is 1.24. The fourth-order valence-corrected chi connectivity index (χ4v) is 5.76. The van der Waals surface area contributed by atoms with Crippen LogP contribution in [0.25, 0.3) is 10.9 Å². The summed E-state index contributed by atoms with van der Waals surface area (Å²) < 4.78 is 0. The summed E-state index contributed by atoms with van der Waals surface area (Å²) in [4.78, 5) is 23.6. The molecule has 0 spiro atoms. The number of rotatable bonds is 6. The van der Waals surface area contributed by atoms with E-state index in [-0.39, 0.29) is 5.91 Å². The van der Waals surface area contributed by atoms with Crippen LogP contribution < -0.4 is 0 Å². The lowest BCUT2D eigenvalue weighted by Gasteiger charge is -2.35. The summed E-state index contributed by atoms with van der Waals surface area (Å²) in [6.45, 7) is 4.97. The number of hydrogen-bond donors (Lipinski definition) is 1. The summed E-state index contributed by atoms with van der Waals surface area (Å²) in [7, 11) is 4.37. The summed E-state index contributed by atoms with van der Waals surface area (Å²) in [5.74, 6) is 0.838. The van der Waals surface area contributed by atoms with E-state index in [4.69, 9.17) is 0 Å². The molecule has 2 aliphatic rings. The summed E-state index contributed by atoms with van der Waals surface area (Å²) in [5.41, 5.74) is 4.61. The average Bonchev–Trinajstić information content (AvgIpc) is 3.27. The minimum atomic E-state index is 0.168. The van der Waals surface area contributed by atoms with E-state index in [9.17, 15) is 4.79 Å². The van der Waals surface area contributed by atoms with Crippen LogP contribution in [0, 0.1) is 5.92 Å². The number of amides is 1. The molecule has 2 fully saturated rings. The Balaban J connectivity index is 1.18. The lowest BCUT2D eigenvalue weighted by Crippen LogP contribution is -2.41. The fraction of sp³-hybridized carbons (Fsp3) is 0.483. The van der Waals surface area contributed by atoms with Gasteiger partial charge in [0.15, 0.2) is 0 Å². The molecule has 3 heterocycles. The first-order chi connectivity index (χ1) is 16.6. The van der Waals surface area contributed by atoms with E-state index in [1.807, 2.05) is 11.0 Å². The van der Waals surface area contributed by atoms with Gasteiger partial charge >= 0.3 is 0 Å². The Hall–Kier alpha value is -2.63. The predicted molar refractivity (Wildman–Crippen MR) is 139 cm³/mol. The third-order valence-corrected chi connectivity index (χ3v) is 7.96. The van der Waals surface area contributed by atoms with Gasteiger partial charge in [0.1, 0.15) is 0 Å². The van der Waals surface area contributed by atoms with E-state index in [0.717, 1.165) is 63.1 Å². The number of hydrogen-bond acceptors (Lipinski definition) is 3. The number of nitrogens with one attached hydrogen (secondary N) is 1. The molecule has 0 radical (unpaired) electrons. The van der Waals surface area contributed by atoms with Gasteiger partial charge in [0, 0.05) is 48.3 Å². The van der Waals surface area contributed by atoms with Crippen LogP contribution in [0.5, 0.6) is 0 Å². The lowest BCUT2D eigenvalue weighted by molar-refractivity contribution is 0.0690. The largest absolute Gasteiger partial charge is 0.361 e. The highest BCUT2D eigenvalue weighted by atomic mass is 16.2. The van der Waals surface area contributed by atoms with Gasteiger partial charge in [-0.2, -0.15) is 0 Å². The molecular formula is C29H38N4O. The molecule has 3 aromatic rings. The van der Waals surface area contributed by atoms with Crippen molar-refractivity contribution in [2.75, 3.05) is 40.3 Å². The molecule has 1 aromatic heterocycles. The van der Waals surface area contributed by atoms with Gasteiger partial charge in [0.05, 0.1) is 0 Å². The third kappa shape index (κ3) is 5.21. The van der Waals surface area contributed by atoms with E-state index >= 15 is 0 Å². The molecule has 2 aromatic carbocycles. The number of aromatic amines is 1. The van der Waals surface area contributed by atoms with Crippen LogP contribution in [0.2, 0.25) is 0 Å². The maximum atomic E-state index is 13.2. The molecule has 5 rings (SSSR count). The van der Waals surface area contributed by atoms with E-state index in [1.54, 1.807) is 0 Å². The van der Waals surface area contributed by atoms with Crippen LogP contribution in [0.15, 0.2) is 54.7 Å². The first-order valence-electron chi connectivity index (χ1n) is 12.9. The minimum absolute atomic E-state index is 0.168. The Morgan fingerprint density at radius 2 is 1.71 bits per heavy atom. The van der Waals surface area contributed by atoms with Gasteiger partial charge in [-0.25, -0.2) is 0 Å². The number of carbonyl (C=O) groups is 1. The number of H-pyrrole nitrogens is 1. The van der Waals surface area contributed by atoms with Crippen molar-refractivity contribution in [3.8, 4) is 0 Å². The van der Waals surface area contributed by atoms with Gasteiger partial charge in [-0.05, 0) is 88.5 Å². The minimum Gasteiger partial charge on any atom is -0.361 e. The molecule has 0 unspecified atom stereocenters. The third-order valence-electron chi connectivity index (χ3n) is 7.96. The first kappa shape index (κ1) is 23.1. The summed E-state index contributed by atoms with van der Waals surface area (Å²) in [6.07, 6.45) is 7.88. The van der Waals surface area contributed by atoms with Crippen molar-refractivity contribution in [1.29, 1.82) is 0 Å². The molecule has 34 heavy (non-hydrogen) atoms. The Labute approximate surface area is 203 Å². The zero-order valence-corrected chi connectivity index (χ0v) is 20.7. The maximum Gasteiger partial charge on any atom is 0.253 e. The van der Waals surface area contributed by atoms with Crippen molar-refractivity contribution in [3.05, 3.63) is 71.4 Å². The van der Waals surface area contributed by atoms with Gasteiger partial charge in [-0.3, -0.25) is 9.69 Å². The van der Waals surface area contributed by atoms with Crippen molar-refractivity contribution in [2.45, 2.75) is 44.7 Å². The predicted octanol–water partition coefficient (Wildman–Crippen LogP) is 4.79. The van der Waals surface area contributed by atoms with Crippen molar-refractivity contribution in [1.82, 2.24) is 19.7 Å².